The van der Waals surface area contributed by atoms with Crippen LogP contribution in [0.15, 0.2) is 30.1 Å². The summed E-state index contributed by atoms with van der Waals surface area (Å²) in [6.07, 6.45) is 6.81. The topological polar surface area (TPSA) is 50.1 Å². The summed E-state index contributed by atoms with van der Waals surface area (Å²) in [6.45, 7) is 0. The molecule has 0 aliphatic heterocycles. The lowest BCUT2D eigenvalue weighted by Crippen LogP contribution is -2.29. The molecule has 2 fully saturated rings. The van der Waals surface area contributed by atoms with Crippen molar-refractivity contribution in [3.05, 3.63) is 47.3 Å². The van der Waals surface area contributed by atoms with Crippen LogP contribution < -0.4 is 0 Å². The zero-order valence-corrected chi connectivity index (χ0v) is 15.7. The van der Waals surface area contributed by atoms with Crippen LogP contribution in [-0.4, -0.2) is 12.1 Å². The number of carbonyl (C=O) groups excluding carboxylic acids is 1. The van der Waals surface area contributed by atoms with Crippen molar-refractivity contribution in [3.63, 3.8) is 0 Å². The number of hydrogen-bond acceptors (Lipinski definition) is 3. The van der Waals surface area contributed by atoms with Gasteiger partial charge in [-0.1, -0.05) is 6.07 Å². The number of carbonyl (C=O) groups is 1. The molecule has 0 N–H and O–H groups in total. The second-order valence-electron chi connectivity index (χ2n) is 7.82. The molecule has 1 aromatic rings. The van der Waals surface area contributed by atoms with Gasteiger partial charge in [0, 0.05) is 0 Å². The fourth-order valence-corrected chi connectivity index (χ4v) is 4.31. The molecule has 0 amide bonds. The maximum atomic E-state index is 13.4. The molecule has 6 heteroatoms. The predicted molar refractivity (Wildman–Crippen MR) is 97.7 cm³/mol. The molecule has 0 unspecified atom stereocenters. The molecule has 0 atom stereocenters. The molecule has 28 heavy (non-hydrogen) atoms. The molecule has 0 spiro atoms. The van der Waals surface area contributed by atoms with Gasteiger partial charge in [0.25, 0.3) is 0 Å². The van der Waals surface area contributed by atoms with Gasteiger partial charge in [-0.25, -0.2) is 8.78 Å². The summed E-state index contributed by atoms with van der Waals surface area (Å²) in [5.41, 5.74) is 0.791. The number of nitriles is 1. The first kappa shape index (κ1) is 20.4. The standard InChI is InChI=1S/C22H24F3NO2/c23-18(13-26)11-14-1-3-16(4-2-14)22(27)28-19-8-5-15(6-9-19)17-7-10-20(24)21(25)12-17/h7,10-12,14-16,19H,1-6,8-9H2. The molecule has 2 aliphatic carbocycles. The van der Waals surface area contributed by atoms with Crippen molar-refractivity contribution in [2.75, 3.05) is 0 Å². The minimum atomic E-state index is -0.841. The first-order valence-corrected chi connectivity index (χ1v) is 9.89. The zero-order valence-electron chi connectivity index (χ0n) is 15.7. The molecule has 0 radical (unpaired) electrons. The van der Waals surface area contributed by atoms with E-state index in [1.54, 1.807) is 6.07 Å². The van der Waals surface area contributed by atoms with E-state index in [9.17, 15) is 18.0 Å². The Kier molecular flexibility index (Phi) is 6.77. The van der Waals surface area contributed by atoms with Gasteiger partial charge in [-0.15, -0.1) is 0 Å². The molecule has 0 aromatic heterocycles. The van der Waals surface area contributed by atoms with Gasteiger partial charge in [-0.05, 0) is 87.0 Å². The monoisotopic (exact) mass is 391 g/mol. The van der Waals surface area contributed by atoms with Gasteiger partial charge in [0.1, 0.15) is 12.2 Å². The van der Waals surface area contributed by atoms with Gasteiger partial charge in [-0.3, -0.25) is 4.79 Å². The minimum absolute atomic E-state index is 0.00948. The van der Waals surface area contributed by atoms with Crippen molar-refractivity contribution >= 4 is 5.97 Å². The van der Waals surface area contributed by atoms with Crippen molar-refractivity contribution in [2.24, 2.45) is 11.8 Å². The third kappa shape index (κ3) is 5.15. The Hall–Kier alpha value is -2.29. The van der Waals surface area contributed by atoms with E-state index in [1.807, 2.05) is 0 Å². The van der Waals surface area contributed by atoms with Crippen molar-refractivity contribution in [3.8, 4) is 6.07 Å². The Morgan fingerprint density at radius 1 is 1.04 bits per heavy atom. The zero-order chi connectivity index (χ0) is 20.1. The first-order valence-electron chi connectivity index (χ1n) is 9.89. The van der Waals surface area contributed by atoms with Crippen LogP contribution in [0, 0.1) is 34.8 Å². The molecule has 2 saturated carbocycles. The lowest BCUT2D eigenvalue weighted by Gasteiger charge is -2.31. The van der Waals surface area contributed by atoms with E-state index in [4.69, 9.17) is 10.00 Å². The van der Waals surface area contributed by atoms with Crippen LogP contribution in [0.25, 0.3) is 0 Å². The number of hydrogen-bond donors (Lipinski definition) is 0. The third-order valence-corrected chi connectivity index (χ3v) is 5.97. The second kappa shape index (κ2) is 9.27. The van der Waals surface area contributed by atoms with E-state index >= 15 is 0 Å². The Labute approximate surface area is 163 Å². The minimum Gasteiger partial charge on any atom is -0.462 e. The van der Waals surface area contributed by atoms with Crippen LogP contribution in [-0.2, 0) is 9.53 Å². The molecule has 0 saturated heterocycles. The normalized spacial score (nSPS) is 28.4. The first-order chi connectivity index (χ1) is 13.5. The Morgan fingerprint density at radius 3 is 2.32 bits per heavy atom. The molecule has 0 bridgehead atoms. The number of esters is 1. The van der Waals surface area contributed by atoms with Crippen LogP contribution in [0.1, 0.15) is 62.8 Å². The summed E-state index contributed by atoms with van der Waals surface area (Å²) in [5, 5.41) is 8.50. The highest BCUT2D eigenvalue weighted by Gasteiger charge is 2.31. The Bertz CT molecular complexity index is 770. The smallest absolute Gasteiger partial charge is 0.309 e. The van der Waals surface area contributed by atoms with E-state index in [1.165, 1.54) is 18.2 Å². The largest absolute Gasteiger partial charge is 0.462 e. The quantitative estimate of drug-likeness (QED) is 0.487. The number of benzene rings is 1. The lowest BCUT2D eigenvalue weighted by atomic mass is 9.81. The van der Waals surface area contributed by atoms with Crippen LogP contribution in [0.4, 0.5) is 13.2 Å². The lowest BCUT2D eigenvalue weighted by molar-refractivity contribution is -0.157. The highest BCUT2D eigenvalue weighted by atomic mass is 19.2. The summed E-state index contributed by atoms with van der Waals surface area (Å²) in [6, 6.07) is 5.52. The molecule has 150 valence electrons. The van der Waals surface area contributed by atoms with Gasteiger partial charge in [0.15, 0.2) is 17.5 Å². The summed E-state index contributed by atoms with van der Waals surface area (Å²) in [7, 11) is 0. The van der Waals surface area contributed by atoms with Gasteiger partial charge >= 0.3 is 5.97 Å². The van der Waals surface area contributed by atoms with Crippen molar-refractivity contribution in [1.29, 1.82) is 5.26 Å². The number of halogens is 3. The maximum absolute atomic E-state index is 13.4. The highest BCUT2D eigenvalue weighted by molar-refractivity contribution is 5.72. The SMILES string of the molecule is N#CC(F)=CC1CCC(C(=O)OC2CCC(c3ccc(F)c(F)c3)CC2)CC1. The van der Waals surface area contributed by atoms with Crippen molar-refractivity contribution in [1.82, 2.24) is 0 Å². The maximum Gasteiger partial charge on any atom is 0.309 e. The molecule has 3 nitrogen and oxygen atoms in total. The number of allylic oxidation sites excluding steroid dienone is 2. The van der Waals surface area contributed by atoms with Crippen molar-refractivity contribution < 1.29 is 22.7 Å². The van der Waals surface area contributed by atoms with Crippen LogP contribution >= 0.6 is 0 Å². The third-order valence-electron chi connectivity index (χ3n) is 5.97. The van der Waals surface area contributed by atoms with Gasteiger partial charge in [0.05, 0.1) is 5.92 Å². The average Bonchev–Trinajstić information content (AvgIpc) is 2.71. The molecule has 3 rings (SSSR count). The molecular formula is C22H24F3NO2. The molecule has 0 heterocycles. The number of ether oxygens (including phenoxy) is 1. The van der Waals surface area contributed by atoms with E-state index in [0.717, 1.165) is 24.5 Å². The van der Waals surface area contributed by atoms with E-state index in [2.05, 4.69) is 0 Å². The van der Waals surface area contributed by atoms with E-state index in [0.29, 0.717) is 38.5 Å². The Balaban J connectivity index is 1.44. The summed E-state index contributed by atoms with van der Waals surface area (Å²) in [5.74, 6) is -2.63. The molecule has 2 aliphatic rings. The van der Waals surface area contributed by atoms with Gasteiger partial charge in [-0.2, -0.15) is 9.65 Å². The van der Waals surface area contributed by atoms with Crippen LogP contribution in [0.3, 0.4) is 0 Å². The average molecular weight is 391 g/mol. The van der Waals surface area contributed by atoms with Gasteiger partial charge in [0.2, 0.25) is 0 Å². The molecule has 1 aromatic carbocycles. The predicted octanol–water partition coefficient (Wildman–Crippen LogP) is 5.72. The fourth-order valence-electron chi connectivity index (χ4n) is 4.31. The summed E-state index contributed by atoms with van der Waals surface area (Å²) >= 11 is 0. The van der Waals surface area contributed by atoms with Gasteiger partial charge < -0.3 is 4.74 Å². The summed E-state index contributed by atoms with van der Waals surface area (Å²) < 4.78 is 45.2. The van der Waals surface area contributed by atoms with E-state index in [-0.39, 0.29) is 29.8 Å². The fraction of sp³-hybridized carbons (Fsp3) is 0.545. The van der Waals surface area contributed by atoms with Crippen LogP contribution in [0.5, 0.6) is 0 Å². The number of nitrogens with zero attached hydrogens (tertiary/aromatic N) is 1. The molecular weight excluding hydrogens is 367 g/mol. The second-order valence-corrected chi connectivity index (χ2v) is 7.82. The number of rotatable bonds is 4. The van der Waals surface area contributed by atoms with Crippen molar-refractivity contribution in [2.45, 2.75) is 63.4 Å². The highest BCUT2D eigenvalue weighted by Crippen LogP contribution is 2.36. The Morgan fingerprint density at radius 2 is 1.71 bits per heavy atom. The van der Waals surface area contributed by atoms with E-state index < -0.39 is 17.5 Å². The summed E-state index contributed by atoms with van der Waals surface area (Å²) in [4.78, 5) is 12.4. The van der Waals surface area contributed by atoms with Crippen LogP contribution in [0.2, 0.25) is 0 Å².